The SMILES string of the molecule is CC(C)c1[nH]c(=O)sc1CN1CCN(c2ccc(F)cc2)CC1. The van der Waals surface area contributed by atoms with Crippen LogP contribution in [-0.2, 0) is 6.54 Å². The molecule has 0 spiro atoms. The van der Waals surface area contributed by atoms with Crippen molar-refractivity contribution in [3.63, 3.8) is 0 Å². The molecule has 0 amide bonds. The number of nitrogens with zero attached hydrogens (tertiary/aromatic N) is 2. The van der Waals surface area contributed by atoms with E-state index in [9.17, 15) is 9.18 Å². The van der Waals surface area contributed by atoms with Gasteiger partial charge in [-0.05, 0) is 30.2 Å². The first-order valence-corrected chi connectivity index (χ1v) is 8.79. The summed E-state index contributed by atoms with van der Waals surface area (Å²) in [4.78, 5) is 20.4. The van der Waals surface area contributed by atoms with Gasteiger partial charge in [-0.15, -0.1) is 0 Å². The molecule has 124 valence electrons. The van der Waals surface area contributed by atoms with Crippen molar-refractivity contribution < 1.29 is 4.39 Å². The van der Waals surface area contributed by atoms with Crippen molar-refractivity contribution in [1.29, 1.82) is 0 Å². The molecule has 1 aromatic carbocycles. The van der Waals surface area contributed by atoms with Crippen LogP contribution in [0.2, 0.25) is 0 Å². The van der Waals surface area contributed by atoms with Crippen molar-refractivity contribution in [2.45, 2.75) is 26.3 Å². The van der Waals surface area contributed by atoms with Crippen molar-refractivity contribution in [2.75, 3.05) is 31.1 Å². The number of hydrogen-bond acceptors (Lipinski definition) is 4. The Labute approximate surface area is 139 Å². The summed E-state index contributed by atoms with van der Waals surface area (Å²) in [5.74, 6) is 0.139. The highest BCUT2D eigenvalue weighted by Gasteiger charge is 2.20. The lowest BCUT2D eigenvalue weighted by Gasteiger charge is -2.36. The molecule has 1 aromatic heterocycles. The van der Waals surface area contributed by atoms with Crippen LogP contribution >= 0.6 is 11.3 Å². The Kier molecular flexibility index (Phi) is 4.82. The number of halogens is 1. The molecular weight excluding hydrogens is 313 g/mol. The van der Waals surface area contributed by atoms with Gasteiger partial charge in [0.15, 0.2) is 0 Å². The predicted octanol–water partition coefficient (Wildman–Crippen LogP) is 3.02. The number of benzene rings is 1. The lowest BCUT2D eigenvalue weighted by atomic mass is 10.1. The molecule has 23 heavy (non-hydrogen) atoms. The Morgan fingerprint density at radius 2 is 1.83 bits per heavy atom. The molecule has 1 aliphatic heterocycles. The minimum Gasteiger partial charge on any atom is -0.369 e. The van der Waals surface area contributed by atoms with Crippen molar-refractivity contribution in [2.24, 2.45) is 0 Å². The smallest absolute Gasteiger partial charge is 0.304 e. The minimum absolute atomic E-state index is 0.0358. The number of hydrogen-bond donors (Lipinski definition) is 1. The second-order valence-corrected chi connectivity index (χ2v) is 7.31. The van der Waals surface area contributed by atoms with E-state index in [0.717, 1.165) is 49.0 Å². The van der Waals surface area contributed by atoms with Crippen molar-refractivity contribution >= 4 is 17.0 Å². The Bertz CT molecular complexity index is 699. The van der Waals surface area contributed by atoms with E-state index in [1.165, 1.54) is 23.5 Å². The molecule has 0 saturated carbocycles. The van der Waals surface area contributed by atoms with Gasteiger partial charge in [-0.25, -0.2) is 4.39 Å². The van der Waals surface area contributed by atoms with E-state index < -0.39 is 0 Å². The Morgan fingerprint density at radius 3 is 2.43 bits per heavy atom. The van der Waals surface area contributed by atoms with Crippen molar-refractivity contribution in [1.82, 2.24) is 9.88 Å². The average Bonchev–Trinajstić information content (AvgIpc) is 2.90. The zero-order valence-corrected chi connectivity index (χ0v) is 14.3. The summed E-state index contributed by atoms with van der Waals surface area (Å²) in [5, 5.41) is 0. The maximum atomic E-state index is 13.0. The molecule has 2 heterocycles. The fraction of sp³-hybridized carbons (Fsp3) is 0.471. The number of H-pyrrole nitrogens is 1. The van der Waals surface area contributed by atoms with Gasteiger partial charge in [-0.2, -0.15) is 0 Å². The first-order valence-electron chi connectivity index (χ1n) is 7.97. The second-order valence-electron chi connectivity index (χ2n) is 6.25. The van der Waals surface area contributed by atoms with Crippen LogP contribution in [0.5, 0.6) is 0 Å². The van der Waals surface area contributed by atoms with Gasteiger partial charge in [0.25, 0.3) is 0 Å². The molecule has 0 radical (unpaired) electrons. The molecule has 0 atom stereocenters. The number of aromatic nitrogens is 1. The van der Waals surface area contributed by atoms with E-state index in [0.29, 0.717) is 5.92 Å². The maximum Gasteiger partial charge on any atom is 0.304 e. The van der Waals surface area contributed by atoms with E-state index >= 15 is 0 Å². The Balaban J connectivity index is 1.61. The molecule has 1 saturated heterocycles. The lowest BCUT2D eigenvalue weighted by molar-refractivity contribution is 0.251. The first-order chi connectivity index (χ1) is 11.0. The van der Waals surface area contributed by atoms with E-state index in [4.69, 9.17) is 0 Å². The number of aromatic amines is 1. The van der Waals surface area contributed by atoms with Gasteiger partial charge >= 0.3 is 4.87 Å². The summed E-state index contributed by atoms with van der Waals surface area (Å²) < 4.78 is 13.0. The number of rotatable bonds is 4. The summed E-state index contributed by atoms with van der Waals surface area (Å²) in [6.45, 7) is 8.77. The highest BCUT2D eigenvalue weighted by molar-refractivity contribution is 7.09. The molecular formula is C17H22FN3OS. The van der Waals surface area contributed by atoms with Gasteiger partial charge in [0.1, 0.15) is 5.82 Å². The zero-order valence-electron chi connectivity index (χ0n) is 13.5. The van der Waals surface area contributed by atoms with Gasteiger partial charge < -0.3 is 9.88 Å². The Morgan fingerprint density at radius 1 is 1.17 bits per heavy atom. The molecule has 0 bridgehead atoms. The molecule has 4 nitrogen and oxygen atoms in total. The monoisotopic (exact) mass is 335 g/mol. The van der Waals surface area contributed by atoms with Crippen LogP contribution < -0.4 is 9.77 Å². The first kappa shape index (κ1) is 16.2. The fourth-order valence-electron chi connectivity index (χ4n) is 2.97. The molecule has 1 fully saturated rings. The third kappa shape index (κ3) is 3.82. The molecule has 2 aromatic rings. The summed E-state index contributed by atoms with van der Waals surface area (Å²) in [5.41, 5.74) is 2.14. The molecule has 0 aliphatic carbocycles. The normalized spacial score (nSPS) is 16.3. The maximum absolute atomic E-state index is 13.0. The van der Waals surface area contributed by atoms with Crippen LogP contribution in [0.3, 0.4) is 0 Å². The van der Waals surface area contributed by atoms with Crippen LogP contribution in [0, 0.1) is 5.82 Å². The van der Waals surface area contributed by atoms with Gasteiger partial charge in [-0.1, -0.05) is 25.2 Å². The van der Waals surface area contributed by atoms with Crippen LogP contribution in [-0.4, -0.2) is 36.1 Å². The van der Waals surface area contributed by atoms with Gasteiger partial charge in [0.05, 0.1) is 0 Å². The van der Waals surface area contributed by atoms with Gasteiger partial charge in [-0.3, -0.25) is 9.69 Å². The van der Waals surface area contributed by atoms with Gasteiger partial charge in [0, 0.05) is 49.0 Å². The average molecular weight is 335 g/mol. The van der Waals surface area contributed by atoms with Crippen LogP contribution in [0.15, 0.2) is 29.1 Å². The topological polar surface area (TPSA) is 39.3 Å². The van der Waals surface area contributed by atoms with Crippen LogP contribution in [0.25, 0.3) is 0 Å². The molecule has 1 N–H and O–H groups in total. The largest absolute Gasteiger partial charge is 0.369 e. The Hall–Kier alpha value is -1.66. The highest BCUT2D eigenvalue weighted by atomic mass is 32.1. The van der Waals surface area contributed by atoms with Crippen LogP contribution in [0.4, 0.5) is 10.1 Å². The van der Waals surface area contributed by atoms with Crippen LogP contribution in [0.1, 0.15) is 30.3 Å². The fourth-order valence-corrected chi connectivity index (χ4v) is 4.00. The third-order valence-electron chi connectivity index (χ3n) is 4.26. The van der Waals surface area contributed by atoms with Crippen molar-refractivity contribution in [3.05, 3.63) is 50.3 Å². The molecule has 0 unspecified atom stereocenters. The van der Waals surface area contributed by atoms with Crippen molar-refractivity contribution in [3.8, 4) is 0 Å². The summed E-state index contributed by atoms with van der Waals surface area (Å²) >= 11 is 1.33. The minimum atomic E-state index is -0.198. The van der Waals surface area contributed by atoms with E-state index in [2.05, 4.69) is 28.6 Å². The third-order valence-corrected chi connectivity index (χ3v) is 5.14. The molecule has 3 rings (SSSR count). The summed E-state index contributed by atoms with van der Waals surface area (Å²) in [7, 11) is 0. The van der Waals surface area contributed by atoms with E-state index in [-0.39, 0.29) is 10.7 Å². The van der Waals surface area contributed by atoms with E-state index in [1.54, 1.807) is 0 Å². The lowest BCUT2D eigenvalue weighted by Crippen LogP contribution is -2.46. The predicted molar refractivity (Wildman–Crippen MR) is 92.9 cm³/mol. The number of piperazine rings is 1. The molecule has 6 heteroatoms. The zero-order chi connectivity index (χ0) is 16.4. The number of nitrogens with one attached hydrogen (secondary N) is 1. The summed E-state index contributed by atoms with van der Waals surface area (Å²) in [6, 6.07) is 6.68. The van der Waals surface area contributed by atoms with Gasteiger partial charge in [0.2, 0.25) is 0 Å². The summed E-state index contributed by atoms with van der Waals surface area (Å²) in [6.07, 6.45) is 0. The molecule has 1 aliphatic rings. The highest BCUT2D eigenvalue weighted by Crippen LogP contribution is 2.22. The van der Waals surface area contributed by atoms with E-state index in [1.807, 2.05) is 12.1 Å². The standard InChI is InChI=1S/C17H22FN3OS/c1-12(2)16-15(23-17(22)19-16)11-20-7-9-21(10-8-20)14-5-3-13(18)4-6-14/h3-6,12H,7-11H2,1-2H3,(H,19,22). The number of thiazole rings is 1. The second kappa shape index (κ2) is 6.84. The number of anilines is 1. The quantitative estimate of drug-likeness (QED) is 0.933.